The Morgan fingerprint density at radius 2 is 2.04 bits per heavy atom. The maximum absolute atomic E-state index is 12.3. The lowest BCUT2D eigenvalue weighted by atomic mass is 10.1. The number of benzene rings is 1. The van der Waals surface area contributed by atoms with Crippen LogP contribution in [0.3, 0.4) is 0 Å². The normalized spacial score (nSPS) is 21.2. The van der Waals surface area contributed by atoms with Crippen molar-refractivity contribution < 1.29 is 14.3 Å². The number of nitrogens with one attached hydrogen (secondary N) is 3. The predicted octanol–water partition coefficient (Wildman–Crippen LogP) is 1.35. The number of hydrogen-bond acceptors (Lipinski definition) is 5. The van der Waals surface area contributed by atoms with Crippen molar-refractivity contribution >= 4 is 23.2 Å². The fraction of sp³-hybridized carbons (Fsp3) is 0.579. The number of piperidine rings is 1. The standard InChI is InChI=1S/C19H28N4O3/c1-14-5-6-15(21-19(25)17-12-20-7-10-26-17)11-16(14)22-18(24)13-23-8-3-2-4-9-23/h5-6,11,17,20H,2-4,7-10,12-13H2,1H3,(H,21,25)(H,22,24). The van der Waals surface area contributed by atoms with Crippen LogP contribution in [0.2, 0.25) is 0 Å². The van der Waals surface area contributed by atoms with Crippen LogP contribution in [0, 0.1) is 6.92 Å². The highest BCUT2D eigenvalue weighted by Crippen LogP contribution is 2.21. The molecule has 3 N–H and O–H groups in total. The van der Waals surface area contributed by atoms with Gasteiger partial charge in [-0.25, -0.2) is 0 Å². The summed E-state index contributed by atoms with van der Waals surface area (Å²) in [6.07, 6.45) is 3.08. The van der Waals surface area contributed by atoms with Crippen molar-refractivity contribution in [2.24, 2.45) is 0 Å². The molecule has 2 amide bonds. The Kier molecular flexibility index (Phi) is 6.60. The summed E-state index contributed by atoms with van der Waals surface area (Å²) in [6, 6.07) is 5.54. The number of likely N-dealkylation sites (tertiary alicyclic amines) is 1. The second-order valence-electron chi connectivity index (χ2n) is 6.97. The summed E-state index contributed by atoms with van der Waals surface area (Å²) in [5.41, 5.74) is 2.35. The molecule has 2 fully saturated rings. The first-order valence-electron chi connectivity index (χ1n) is 9.38. The van der Waals surface area contributed by atoms with Crippen LogP contribution in [-0.2, 0) is 14.3 Å². The molecule has 142 valence electrons. The number of aryl methyl sites for hydroxylation is 1. The second-order valence-corrected chi connectivity index (χ2v) is 6.97. The van der Waals surface area contributed by atoms with Gasteiger partial charge < -0.3 is 20.7 Å². The van der Waals surface area contributed by atoms with Crippen molar-refractivity contribution in [3.05, 3.63) is 23.8 Å². The minimum absolute atomic E-state index is 0.0155. The summed E-state index contributed by atoms with van der Waals surface area (Å²) in [5.74, 6) is -0.190. The number of nitrogens with zero attached hydrogens (tertiary/aromatic N) is 1. The van der Waals surface area contributed by atoms with Gasteiger partial charge in [0.05, 0.1) is 13.2 Å². The van der Waals surface area contributed by atoms with Gasteiger partial charge in [0.2, 0.25) is 5.91 Å². The Bertz CT molecular complexity index is 638. The van der Waals surface area contributed by atoms with Crippen LogP contribution in [0.5, 0.6) is 0 Å². The van der Waals surface area contributed by atoms with E-state index in [0.717, 1.165) is 43.7 Å². The SMILES string of the molecule is Cc1ccc(NC(=O)C2CNCCO2)cc1NC(=O)CN1CCCCC1. The summed E-state index contributed by atoms with van der Waals surface area (Å²) in [5, 5.41) is 8.98. The molecule has 0 radical (unpaired) electrons. The molecule has 2 aliphatic rings. The molecule has 1 aromatic carbocycles. The molecular weight excluding hydrogens is 332 g/mol. The fourth-order valence-corrected chi connectivity index (χ4v) is 3.30. The molecule has 0 saturated carbocycles. The van der Waals surface area contributed by atoms with Gasteiger partial charge in [0.25, 0.3) is 5.91 Å². The number of rotatable bonds is 5. The molecule has 0 aromatic heterocycles. The molecule has 0 spiro atoms. The largest absolute Gasteiger partial charge is 0.366 e. The average Bonchev–Trinajstić information content (AvgIpc) is 2.66. The van der Waals surface area contributed by atoms with Crippen LogP contribution < -0.4 is 16.0 Å². The van der Waals surface area contributed by atoms with E-state index in [2.05, 4.69) is 20.9 Å². The van der Waals surface area contributed by atoms with Gasteiger partial charge in [-0.05, 0) is 50.6 Å². The third kappa shape index (κ3) is 5.27. The number of anilines is 2. The highest BCUT2D eigenvalue weighted by Gasteiger charge is 2.22. The van der Waals surface area contributed by atoms with Crippen molar-refractivity contribution in [2.45, 2.75) is 32.3 Å². The van der Waals surface area contributed by atoms with E-state index in [1.165, 1.54) is 6.42 Å². The van der Waals surface area contributed by atoms with Crippen molar-refractivity contribution in [3.8, 4) is 0 Å². The van der Waals surface area contributed by atoms with Gasteiger partial charge in [-0.3, -0.25) is 14.5 Å². The molecular formula is C19H28N4O3. The third-order valence-corrected chi connectivity index (χ3v) is 4.82. The van der Waals surface area contributed by atoms with E-state index in [1.807, 2.05) is 19.1 Å². The molecule has 3 rings (SSSR count). The molecule has 2 aliphatic heterocycles. The van der Waals surface area contributed by atoms with E-state index >= 15 is 0 Å². The van der Waals surface area contributed by atoms with Crippen molar-refractivity contribution in [3.63, 3.8) is 0 Å². The molecule has 7 nitrogen and oxygen atoms in total. The van der Waals surface area contributed by atoms with E-state index in [0.29, 0.717) is 25.4 Å². The van der Waals surface area contributed by atoms with Crippen LogP contribution in [0.1, 0.15) is 24.8 Å². The summed E-state index contributed by atoms with van der Waals surface area (Å²) >= 11 is 0. The molecule has 1 atom stereocenters. The Balaban J connectivity index is 1.57. The van der Waals surface area contributed by atoms with E-state index in [4.69, 9.17) is 4.74 Å². The second kappa shape index (κ2) is 9.12. The first-order valence-corrected chi connectivity index (χ1v) is 9.38. The van der Waals surface area contributed by atoms with Crippen molar-refractivity contribution in [2.75, 3.05) is 50.0 Å². The highest BCUT2D eigenvalue weighted by atomic mass is 16.5. The van der Waals surface area contributed by atoms with Crippen LogP contribution in [0.4, 0.5) is 11.4 Å². The molecule has 1 unspecified atom stereocenters. The van der Waals surface area contributed by atoms with Gasteiger partial charge in [0, 0.05) is 24.5 Å². The molecule has 1 aromatic rings. The van der Waals surface area contributed by atoms with Gasteiger partial charge in [-0.2, -0.15) is 0 Å². The fourth-order valence-electron chi connectivity index (χ4n) is 3.30. The summed E-state index contributed by atoms with van der Waals surface area (Å²) in [4.78, 5) is 26.8. The summed E-state index contributed by atoms with van der Waals surface area (Å²) in [7, 11) is 0. The van der Waals surface area contributed by atoms with Crippen LogP contribution in [0.25, 0.3) is 0 Å². The predicted molar refractivity (Wildman–Crippen MR) is 101 cm³/mol. The number of carbonyl (C=O) groups excluding carboxylic acids is 2. The van der Waals surface area contributed by atoms with Gasteiger partial charge in [-0.1, -0.05) is 12.5 Å². The summed E-state index contributed by atoms with van der Waals surface area (Å²) < 4.78 is 5.47. The molecule has 7 heteroatoms. The van der Waals surface area contributed by atoms with Gasteiger partial charge in [0.1, 0.15) is 6.10 Å². The average molecular weight is 360 g/mol. The lowest BCUT2D eigenvalue weighted by Crippen LogP contribution is -2.45. The third-order valence-electron chi connectivity index (χ3n) is 4.82. The minimum atomic E-state index is -0.484. The lowest BCUT2D eigenvalue weighted by Gasteiger charge is -2.25. The van der Waals surface area contributed by atoms with E-state index < -0.39 is 6.10 Å². The van der Waals surface area contributed by atoms with E-state index in [1.54, 1.807) is 6.07 Å². The smallest absolute Gasteiger partial charge is 0.254 e. The van der Waals surface area contributed by atoms with Gasteiger partial charge >= 0.3 is 0 Å². The number of hydrogen-bond donors (Lipinski definition) is 3. The Labute approximate surface area is 154 Å². The summed E-state index contributed by atoms with van der Waals surface area (Å²) in [6.45, 7) is 6.13. The topological polar surface area (TPSA) is 82.7 Å². The zero-order chi connectivity index (χ0) is 18.4. The lowest BCUT2D eigenvalue weighted by molar-refractivity contribution is -0.128. The van der Waals surface area contributed by atoms with Crippen LogP contribution in [-0.4, -0.2) is 62.1 Å². The van der Waals surface area contributed by atoms with Crippen molar-refractivity contribution in [1.29, 1.82) is 0 Å². The van der Waals surface area contributed by atoms with Crippen LogP contribution in [0.15, 0.2) is 18.2 Å². The maximum Gasteiger partial charge on any atom is 0.254 e. The minimum Gasteiger partial charge on any atom is -0.366 e. The molecule has 2 saturated heterocycles. The van der Waals surface area contributed by atoms with Gasteiger partial charge in [-0.15, -0.1) is 0 Å². The molecule has 26 heavy (non-hydrogen) atoms. The Morgan fingerprint density at radius 3 is 2.77 bits per heavy atom. The van der Waals surface area contributed by atoms with Crippen LogP contribution >= 0.6 is 0 Å². The molecule has 2 heterocycles. The zero-order valence-electron chi connectivity index (χ0n) is 15.3. The number of carbonyl (C=O) groups is 2. The monoisotopic (exact) mass is 360 g/mol. The highest BCUT2D eigenvalue weighted by molar-refractivity contribution is 5.97. The quantitative estimate of drug-likeness (QED) is 0.738. The Hall–Kier alpha value is -1.96. The van der Waals surface area contributed by atoms with E-state index in [9.17, 15) is 9.59 Å². The number of amides is 2. The van der Waals surface area contributed by atoms with Gasteiger partial charge in [0.15, 0.2) is 0 Å². The van der Waals surface area contributed by atoms with Crippen molar-refractivity contribution in [1.82, 2.24) is 10.2 Å². The number of morpholine rings is 1. The van der Waals surface area contributed by atoms with E-state index in [-0.39, 0.29) is 11.8 Å². The first-order chi connectivity index (χ1) is 12.6. The Morgan fingerprint density at radius 1 is 1.23 bits per heavy atom. The number of ether oxygens (including phenoxy) is 1. The first kappa shape index (κ1) is 18.8. The molecule has 0 aliphatic carbocycles. The maximum atomic E-state index is 12.3. The zero-order valence-corrected chi connectivity index (χ0v) is 15.3. The molecule has 0 bridgehead atoms.